The summed E-state index contributed by atoms with van der Waals surface area (Å²) in [5.41, 5.74) is 2.28. The van der Waals surface area contributed by atoms with E-state index in [1.807, 2.05) is 6.20 Å². The molecule has 1 aromatic heterocycles. The second kappa shape index (κ2) is 5.83. The molecule has 0 atom stereocenters. The minimum Gasteiger partial charge on any atom is -0.480 e. The Morgan fingerprint density at radius 3 is 2.77 bits per heavy atom. The summed E-state index contributed by atoms with van der Waals surface area (Å²) in [5.74, 6) is -0.117. The molecular weight excluding hydrogens is 278 g/mol. The number of carboxylic acids is 1. The summed E-state index contributed by atoms with van der Waals surface area (Å²) >= 11 is 0. The Balaban J connectivity index is 2.15. The number of carbonyl (C=O) groups is 1. The summed E-state index contributed by atoms with van der Waals surface area (Å²) in [5, 5.41) is 11.2. The van der Waals surface area contributed by atoms with E-state index in [4.69, 9.17) is 5.11 Å². The highest BCUT2D eigenvalue weighted by Gasteiger charge is 2.19. The van der Waals surface area contributed by atoms with Gasteiger partial charge in [-0.25, -0.2) is 4.98 Å². The lowest BCUT2D eigenvalue weighted by atomic mass is 10.0. The normalized spacial score (nSPS) is 14.5. The molecule has 116 valence electrons. The molecule has 3 rings (SSSR count). The first kappa shape index (κ1) is 14.6. The van der Waals surface area contributed by atoms with Gasteiger partial charge < -0.3 is 14.9 Å². The molecule has 2 aromatic rings. The van der Waals surface area contributed by atoms with Crippen molar-refractivity contribution >= 4 is 28.2 Å². The highest BCUT2D eigenvalue weighted by atomic mass is 16.4. The molecule has 22 heavy (non-hydrogen) atoms. The van der Waals surface area contributed by atoms with Crippen molar-refractivity contribution in [1.82, 2.24) is 4.98 Å². The summed E-state index contributed by atoms with van der Waals surface area (Å²) in [6.07, 6.45) is 4.32. The molecule has 0 saturated carbocycles. The number of hydrogen-bond donors (Lipinski definition) is 1. The van der Waals surface area contributed by atoms with Gasteiger partial charge in [-0.15, -0.1) is 0 Å². The minimum atomic E-state index is -0.852. The fraction of sp³-hybridized carbons (Fsp3) is 0.412. The Kier molecular flexibility index (Phi) is 3.88. The maximum Gasteiger partial charge on any atom is 0.323 e. The number of nitrogens with zero attached hydrogens (tertiary/aromatic N) is 3. The molecule has 5 heteroatoms. The number of likely N-dealkylation sites (N-methyl/N-ethyl adjacent to an activating group) is 1. The number of aliphatic carboxylic acids is 1. The highest BCUT2D eigenvalue weighted by molar-refractivity contribution is 6.03. The van der Waals surface area contributed by atoms with Crippen molar-refractivity contribution in [3.05, 3.63) is 30.0 Å². The second-order valence-corrected chi connectivity index (χ2v) is 5.91. The molecular formula is C17H21N3O2. The molecule has 1 aromatic carbocycles. The Labute approximate surface area is 130 Å². The van der Waals surface area contributed by atoms with Crippen molar-refractivity contribution in [3.63, 3.8) is 0 Å². The van der Waals surface area contributed by atoms with Gasteiger partial charge >= 0.3 is 5.97 Å². The first-order valence-corrected chi connectivity index (χ1v) is 7.64. The van der Waals surface area contributed by atoms with Gasteiger partial charge in [-0.3, -0.25) is 4.79 Å². The lowest BCUT2D eigenvalue weighted by molar-refractivity contribution is -0.135. The smallest absolute Gasteiger partial charge is 0.323 e. The SMILES string of the molecule is Cc1cccc2c(N3CCCC3)cnc(N(C)CC(=O)O)c12. The van der Waals surface area contributed by atoms with E-state index in [1.165, 1.54) is 12.8 Å². The molecule has 1 fully saturated rings. The fourth-order valence-corrected chi connectivity index (χ4v) is 3.21. The number of fused-ring (bicyclic) bond motifs is 1. The van der Waals surface area contributed by atoms with E-state index in [0.717, 1.165) is 40.9 Å². The van der Waals surface area contributed by atoms with Gasteiger partial charge in [-0.05, 0) is 25.3 Å². The number of hydrogen-bond acceptors (Lipinski definition) is 4. The van der Waals surface area contributed by atoms with Gasteiger partial charge in [-0.1, -0.05) is 18.2 Å². The van der Waals surface area contributed by atoms with Crippen molar-refractivity contribution in [2.75, 3.05) is 36.5 Å². The molecule has 0 amide bonds. The number of anilines is 2. The Bertz CT molecular complexity index is 708. The molecule has 1 aliphatic heterocycles. The average Bonchev–Trinajstić information content (AvgIpc) is 2.99. The number of carboxylic acid groups (broad SMARTS) is 1. The standard InChI is InChI=1S/C17H21N3O2/c1-12-6-5-7-13-14(20-8-3-4-9-20)10-18-17(16(12)13)19(2)11-15(21)22/h5-7,10H,3-4,8-9,11H2,1-2H3,(H,21,22). The molecule has 1 N–H and O–H groups in total. The molecule has 0 bridgehead atoms. The van der Waals surface area contributed by atoms with Crippen LogP contribution in [0.2, 0.25) is 0 Å². The van der Waals surface area contributed by atoms with Crippen LogP contribution in [0.1, 0.15) is 18.4 Å². The minimum absolute atomic E-state index is 0.0561. The van der Waals surface area contributed by atoms with Crippen LogP contribution in [0, 0.1) is 6.92 Å². The van der Waals surface area contributed by atoms with E-state index in [0.29, 0.717) is 0 Å². The summed E-state index contributed by atoms with van der Waals surface area (Å²) < 4.78 is 0. The van der Waals surface area contributed by atoms with E-state index in [1.54, 1.807) is 11.9 Å². The quantitative estimate of drug-likeness (QED) is 0.940. The molecule has 0 spiro atoms. The van der Waals surface area contributed by atoms with Crippen LogP contribution in [0.3, 0.4) is 0 Å². The average molecular weight is 299 g/mol. The van der Waals surface area contributed by atoms with Crippen LogP contribution in [0.5, 0.6) is 0 Å². The van der Waals surface area contributed by atoms with E-state index >= 15 is 0 Å². The summed E-state index contributed by atoms with van der Waals surface area (Å²) in [7, 11) is 1.78. The molecule has 0 aliphatic carbocycles. The van der Waals surface area contributed by atoms with Gasteiger partial charge in [0.05, 0.1) is 11.9 Å². The summed E-state index contributed by atoms with van der Waals surface area (Å²) in [6, 6.07) is 6.21. The molecule has 0 unspecified atom stereocenters. The first-order chi connectivity index (χ1) is 10.6. The number of benzene rings is 1. The van der Waals surface area contributed by atoms with Crippen LogP contribution >= 0.6 is 0 Å². The third-order valence-electron chi connectivity index (χ3n) is 4.26. The van der Waals surface area contributed by atoms with Gasteiger partial charge in [0, 0.05) is 30.9 Å². The Hall–Kier alpha value is -2.30. The van der Waals surface area contributed by atoms with Crippen molar-refractivity contribution in [3.8, 4) is 0 Å². The lowest BCUT2D eigenvalue weighted by Gasteiger charge is -2.24. The van der Waals surface area contributed by atoms with Gasteiger partial charge in [0.15, 0.2) is 0 Å². The lowest BCUT2D eigenvalue weighted by Crippen LogP contribution is -2.26. The molecule has 0 radical (unpaired) electrons. The Morgan fingerprint density at radius 1 is 1.36 bits per heavy atom. The van der Waals surface area contributed by atoms with Crippen molar-refractivity contribution in [2.45, 2.75) is 19.8 Å². The topological polar surface area (TPSA) is 56.7 Å². The van der Waals surface area contributed by atoms with Crippen LogP contribution in [0.15, 0.2) is 24.4 Å². The number of aromatic nitrogens is 1. The van der Waals surface area contributed by atoms with E-state index in [9.17, 15) is 4.79 Å². The summed E-state index contributed by atoms with van der Waals surface area (Å²) in [6.45, 7) is 4.12. The molecule has 1 saturated heterocycles. The maximum atomic E-state index is 11.0. The van der Waals surface area contributed by atoms with E-state index < -0.39 is 5.97 Å². The Morgan fingerprint density at radius 2 is 2.09 bits per heavy atom. The van der Waals surface area contributed by atoms with Crippen LogP contribution in [0.4, 0.5) is 11.5 Å². The predicted molar refractivity (Wildman–Crippen MR) is 88.8 cm³/mol. The zero-order valence-electron chi connectivity index (χ0n) is 13.0. The molecule has 5 nitrogen and oxygen atoms in total. The summed E-state index contributed by atoms with van der Waals surface area (Å²) in [4.78, 5) is 19.7. The third-order valence-corrected chi connectivity index (χ3v) is 4.26. The van der Waals surface area contributed by atoms with Crippen molar-refractivity contribution in [2.24, 2.45) is 0 Å². The number of pyridine rings is 1. The molecule has 2 heterocycles. The number of aryl methyl sites for hydroxylation is 1. The van der Waals surface area contributed by atoms with Gasteiger partial charge in [-0.2, -0.15) is 0 Å². The monoisotopic (exact) mass is 299 g/mol. The van der Waals surface area contributed by atoms with E-state index in [-0.39, 0.29) is 6.54 Å². The second-order valence-electron chi connectivity index (χ2n) is 5.91. The maximum absolute atomic E-state index is 11.0. The largest absolute Gasteiger partial charge is 0.480 e. The zero-order valence-corrected chi connectivity index (χ0v) is 13.0. The first-order valence-electron chi connectivity index (χ1n) is 7.64. The molecule has 1 aliphatic rings. The third kappa shape index (κ3) is 2.58. The van der Waals surface area contributed by atoms with Gasteiger partial charge in [0.2, 0.25) is 0 Å². The fourth-order valence-electron chi connectivity index (χ4n) is 3.21. The van der Waals surface area contributed by atoms with Crippen LogP contribution in [0.25, 0.3) is 10.8 Å². The van der Waals surface area contributed by atoms with Gasteiger partial charge in [0.25, 0.3) is 0 Å². The highest BCUT2D eigenvalue weighted by Crippen LogP contribution is 2.35. The van der Waals surface area contributed by atoms with Crippen molar-refractivity contribution in [1.29, 1.82) is 0 Å². The van der Waals surface area contributed by atoms with Crippen LogP contribution in [-0.2, 0) is 4.79 Å². The van der Waals surface area contributed by atoms with Crippen LogP contribution in [-0.4, -0.2) is 42.7 Å². The predicted octanol–water partition coefficient (Wildman–Crippen LogP) is 2.66. The van der Waals surface area contributed by atoms with Crippen LogP contribution < -0.4 is 9.80 Å². The number of rotatable bonds is 4. The van der Waals surface area contributed by atoms with E-state index in [2.05, 4.69) is 35.0 Å². The van der Waals surface area contributed by atoms with Crippen molar-refractivity contribution < 1.29 is 9.90 Å². The van der Waals surface area contributed by atoms with Gasteiger partial charge in [0.1, 0.15) is 12.4 Å². The zero-order chi connectivity index (χ0) is 15.7.